The van der Waals surface area contributed by atoms with Crippen LogP contribution in [-0.4, -0.2) is 35.1 Å². The van der Waals surface area contributed by atoms with Crippen LogP contribution in [-0.2, 0) is 20.9 Å². The first-order chi connectivity index (χ1) is 11.8. The Morgan fingerprint density at radius 2 is 1.96 bits per heavy atom. The van der Waals surface area contributed by atoms with Gasteiger partial charge in [0, 0.05) is 5.56 Å². The summed E-state index contributed by atoms with van der Waals surface area (Å²) in [6.07, 6.45) is -4.69. The smallest absolute Gasteiger partial charge is 0.411 e. The van der Waals surface area contributed by atoms with Gasteiger partial charge in [0.25, 0.3) is 0 Å². The van der Waals surface area contributed by atoms with E-state index >= 15 is 0 Å². The Hall–Kier alpha value is -2.06. The second-order valence-corrected chi connectivity index (χ2v) is 5.54. The van der Waals surface area contributed by atoms with E-state index < -0.39 is 18.8 Å². The van der Waals surface area contributed by atoms with E-state index in [0.29, 0.717) is 16.4 Å². The number of aryl methyl sites for hydroxylation is 1. The topological polar surface area (TPSA) is 53.4 Å². The molecule has 1 aromatic heterocycles. The van der Waals surface area contributed by atoms with E-state index in [1.165, 1.54) is 4.68 Å². The number of halogens is 4. The Morgan fingerprint density at radius 1 is 1.28 bits per heavy atom. The molecule has 9 heteroatoms. The molecule has 0 aliphatic heterocycles. The third-order valence-electron chi connectivity index (χ3n) is 3.22. The van der Waals surface area contributed by atoms with Gasteiger partial charge < -0.3 is 9.47 Å². The number of hydrogen-bond acceptors (Lipinski definition) is 4. The van der Waals surface area contributed by atoms with E-state index in [9.17, 15) is 18.0 Å². The van der Waals surface area contributed by atoms with Crippen molar-refractivity contribution in [3.8, 4) is 5.69 Å². The highest BCUT2D eigenvalue weighted by Crippen LogP contribution is 2.24. The zero-order chi connectivity index (χ0) is 18.4. The molecule has 0 radical (unpaired) electrons. The van der Waals surface area contributed by atoms with Crippen LogP contribution < -0.4 is 0 Å². The van der Waals surface area contributed by atoms with Crippen molar-refractivity contribution >= 4 is 17.6 Å². The number of ether oxygens (including phenoxy) is 2. The molecule has 0 fully saturated rings. The van der Waals surface area contributed by atoms with Crippen molar-refractivity contribution in [1.82, 2.24) is 9.78 Å². The van der Waals surface area contributed by atoms with Crippen molar-refractivity contribution in [2.75, 3.05) is 13.2 Å². The van der Waals surface area contributed by atoms with Gasteiger partial charge in [-0.3, -0.25) is 4.79 Å². The number of alkyl halides is 3. The molecule has 2 aromatic rings. The van der Waals surface area contributed by atoms with Crippen LogP contribution in [0.4, 0.5) is 13.2 Å². The third kappa shape index (κ3) is 5.75. The van der Waals surface area contributed by atoms with Crippen molar-refractivity contribution in [1.29, 1.82) is 0 Å². The molecule has 0 spiro atoms. The molecule has 25 heavy (non-hydrogen) atoms. The first-order valence-corrected chi connectivity index (χ1v) is 7.75. The van der Waals surface area contributed by atoms with Crippen LogP contribution in [0, 0.1) is 6.92 Å². The molecular weight excluding hydrogens is 361 g/mol. The van der Waals surface area contributed by atoms with Gasteiger partial charge >= 0.3 is 12.1 Å². The quantitative estimate of drug-likeness (QED) is 0.544. The minimum absolute atomic E-state index is 0.115. The van der Waals surface area contributed by atoms with E-state index in [1.807, 2.05) is 30.3 Å². The molecule has 2 rings (SSSR count). The number of carbonyl (C=O) groups is 1. The normalized spacial score (nSPS) is 11.6. The van der Waals surface area contributed by atoms with Gasteiger partial charge in [-0.15, -0.1) is 0 Å². The zero-order valence-corrected chi connectivity index (χ0v) is 14.1. The number of esters is 1. The highest BCUT2D eigenvalue weighted by molar-refractivity contribution is 6.30. The molecule has 0 unspecified atom stereocenters. The van der Waals surface area contributed by atoms with E-state index in [0.717, 1.165) is 5.69 Å². The lowest BCUT2D eigenvalue weighted by Gasteiger charge is -2.08. The third-order valence-corrected chi connectivity index (χ3v) is 3.60. The monoisotopic (exact) mass is 376 g/mol. The molecule has 1 aromatic carbocycles. The average Bonchev–Trinajstić information content (AvgIpc) is 2.84. The first kappa shape index (κ1) is 19.3. The molecular formula is C16H16ClF3N2O3. The van der Waals surface area contributed by atoms with Crippen LogP contribution in [0.15, 0.2) is 30.3 Å². The van der Waals surface area contributed by atoms with Gasteiger partial charge in [-0.2, -0.15) is 18.3 Å². The van der Waals surface area contributed by atoms with Gasteiger partial charge in [0.15, 0.2) is 0 Å². The summed E-state index contributed by atoms with van der Waals surface area (Å²) in [5, 5.41) is 4.61. The standard InChI is InChI=1S/C16H16ClF3N2O3/c1-11-13(9-25-14(23)7-8-24-10-16(18,19)20)15(17)22(21-11)12-5-3-2-4-6-12/h2-6H,7-10H2,1H3. The lowest BCUT2D eigenvalue weighted by Crippen LogP contribution is -2.18. The molecule has 0 saturated carbocycles. The number of para-hydroxylation sites is 1. The second kappa shape index (κ2) is 8.35. The molecule has 0 amide bonds. The fourth-order valence-corrected chi connectivity index (χ4v) is 2.33. The molecule has 136 valence electrons. The summed E-state index contributed by atoms with van der Waals surface area (Å²) in [4.78, 5) is 11.6. The van der Waals surface area contributed by atoms with Crippen LogP contribution >= 0.6 is 11.6 Å². The van der Waals surface area contributed by atoms with Crippen LogP contribution in [0.1, 0.15) is 17.7 Å². The summed E-state index contributed by atoms with van der Waals surface area (Å²) in [6.45, 7) is -0.153. The highest BCUT2D eigenvalue weighted by Gasteiger charge is 2.27. The van der Waals surface area contributed by atoms with Gasteiger partial charge in [0.05, 0.1) is 24.4 Å². The second-order valence-electron chi connectivity index (χ2n) is 5.18. The van der Waals surface area contributed by atoms with E-state index in [4.69, 9.17) is 16.3 Å². The molecule has 5 nitrogen and oxygen atoms in total. The predicted molar refractivity (Wildman–Crippen MR) is 84.6 cm³/mol. The van der Waals surface area contributed by atoms with Crippen LogP contribution in [0.5, 0.6) is 0 Å². The minimum atomic E-state index is -4.42. The van der Waals surface area contributed by atoms with E-state index in [-0.39, 0.29) is 19.6 Å². The summed E-state index contributed by atoms with van der Waals surface area (Å²) < 4.78 is 46.7. The van der Waals surface area contributed by atoms with Gasteiger partial charge in [-0.1, -0.05) is 29.8 Å². The van der Waals surface area contributed by atoms with Gasteiger partial charge in [-0.25, -0.2) is 4.68 Å². The number of nitrogens with zero attached hydrogens (tertiary/aromatic N) is 2. The number of carbonyl (C=O) groups excluding carboxylic acids is 1. The minimum Gasteiger partial charge on any atom is -0.461 e. The van der Waals surface area contributed by atoms with Crippen LogP contribution in [0.3, 0.4) is 0 Å². The van der Waals surface area contributed by atoms with Crippen molar-refractivity contribution in [3.63, 3.8) is 0 Å². The Morgan fingerprint density at radius 3 is 2.60 bits per heavy atom. The van der Waals surface area contributed by atoms with E-state index in [1.54, 1.807) is 6.92 Å². The summed E-state index contributed by atoms with van der Waals surface area (Å²) in [5.74, 6) is -0.676. The van der Waals surface area contributed by atoms with Gasteiger partial charge in [-0.05, 0) is 19.1 Å². The zero-order valence-electron chi connectivity index (χ0n) is 13.3. The van der Waals surface area contributed by atoms with Crippen LogP contribution in [0.25, 0.3) is 5.69 Å². The number of aromatic nitrogens is 2. The first-order valence-electron chi connectivity index (χ1n) is 7.37. The summed E-state index contributed by atoms with van der Waals surface area (Å²) in [5.41, 5.74) is 1.89. The summed E-state index contributed by atoms with van der Waals surface area (Å²) >= 11 is 6.28. The summed E-state index contributed by atoms with van der Waals surface area (Å²) in [7, 11) is 0. The SMILES string of the molecule is Cc1nn(-c2ccccc2)c(Cl)c1COC(=O)CCOCC(F)(F)F. The van der Waals surface area contributed by atoms with Crippen LogP contribution in [0.2, 0.25) is 5.15 Å². The molecule has 0 bridgehead atoms. The summed E-state index contributed by atoms with van der Waals surface area (Å²) in [6, 6.07) is 9.18. The lowest BCUT2D eigenvalue weighted by atomic mass is 10.3. The lowest BCUT2D eigenvalue weighted by molar-refractivity contribution is -0.176. The predicted octanol–water partition coefficient (Wildman–Crippen LogP) is 3.85. The fraction of sp³-hybridized carbons (Fsp3) is 0.375. The average molecular weight is 377 g/mol. The van der Waals surface area contributed by atoms with Crippen molar-refractivity contribution in [2.24, 2.45) is 0 Å². The molecule has 0 aliphatic rings. The van der Waals surface area contributed by atoms with Crippen molar-refractivity contribution in [3.05, 3.63) is 46.7 Å². The Kier molecular flexibility index (Phi) is 6.44. The maximum atomic E-state index is 11.9. The molecule has 0 atom stereocenters. The Balaban J connectivity index is 1.89. The van der Waals surface area contributed by atoms with Crippen molar-refractivity contribution < 1.29 is 27.4 Å². The number of benzene rings is 1. The Bertz CT molecular complexity index is 717. The largest absolute Gasteiger partial charge is 0.461 e. The molecule has 0 saturated heterocycles. The van der Waals surface area contributed by atoms with Gasteiger partial charge in [0.1, 0.15) is 18.4 Å². The molecule has 1 heterocycles. The number of rotatable bonds is 7. The highest BCUT2D eigenvalue weighted by atomic mass is 35.5. The number of hydrogen-bond donors (Lipinski definition) is 0. The fourth-order valence-electron chi connectivity index (χ4n) is 2.00. The maximum Gasteiger partial charge on any atom is 0.411 e. The van der Waals surface area contributed by atoms with E-state index in [2.05, 4.69) is 9.84 Å². The van der Waals surface area contributed by atoms with Gasteiger partial charge in [0.2, 0.25) is 0 Å². The Labute approximate surface area is 147 Å². The molecule has 0 aliphatic carbocycles. The van der Waals surface area contributed by atoms with Crippen molar-refractivity contribution in [2.45, 2.75) is 26.1 Å². The maximum absolute atomic E-state index is 11.9. The molecule has 0 N–H and O–H groups in total.